The molecule has 0 spiro atoms. The molecule has 1 heterocycles. The molecule has 1 aliphatic rings. The third-order valence-corrected chi connectivity index (χ3v) is 3.90. The van der Waals surface area contributed by atoms with Crippen LogP contribution in [0, 0.1) is 12.7 Å². The molecule has 24 heavy (non-hydrogen) atoms. The number of hydrogen-bond acceptors (Lipinski definition) is 2. The minimum absolute atomic E-state index is 0.00952. The highest BCUT2D eigenvalue weighted by molar-refractivity contribution is 5.99. The van der Waals surface area contributed by atoms with Crippen molar-refractivity contribution in [1.82, 2.24) is 4.90 Å². The lowest BCUT2D eigenvalue weighted by molar-refractivity contribution is -0.116. The molecule has 1 saturated heterocycles. The fraction of sp³-hybridized carbons (Fsp3) is 0.222. The minimum atomic E-state index is -0.347. The van der Waals surface area contributed by atoms with Gasteiger partial charge in [0.15, 0.2) is 0 Å². The topological polar surface area (TPSA) is 52.7 Å². The summed E-state index contributed by atoms with van der Waals surface area (Å²) < 4.78 is 13.0. The zero-order chi connectivity index (χ0) is 17.1. The van der Waals surface area contributed by atoms with Gasteiger partial charge in [-0.05, 0) is 43.3 Å². The lowest BCUT2D eigenvalue weighted by Gasteiger charge is -2.18. The first kappa shape index (κ1) is 16.0. The van der Waals surface area contributed by atoms with E-state index in [0.29, 0.717) is 24.5 Å². The number of anilines is 2. The van der Waals surface area contributed by atoms with E-state index in [1.54, 1.807) is 17.0 Å². The van der Waals surface area contributed by atoms with Crippen LogP contribution in [0.1, 0.15) is 5.56 Å². The van der Waals surface area contributed by atoms with Crippen molar-refractivity contribution in [3.63, 3.8) is 0 Å². The molecule has 1 aliphatic heterocycles. The Bertz CT molecular complexity index is 744. The van der Waals surface area contributed by atoms with Gasteiger partial charge in [-0.1, -0.05) is 17.7 Å². The highest BCUT2D eigenvalue weighted by Crippen LogP contribution is 2.20. The van der Waals surface area contributed by atoms with E-state index >= 15 is 0 Å². The van der Waals surface area contributed by atoms with Crippen molar-refractivity contribution in [3.8, 4) is 0 Å². The maximum atomic E-state index is 13.0. The Hall–Kier alpha value is -2.89. The summed E-state index contributed by atoms with van der Waals surface area (Å²) in [6.45, 7) is 2.89. The highest BCUT2D eigenvalue weighted by Gasteiger charge is 2.30. The Labute approximate surface area is 139 Å². The first-order valence-corrected chi connectivity index (χ1v) is 7.71. The van der Waals surface area contributed by atoms with Gasteiger partial charge in [0, 0.05) is 24.5 Å². The molecule has 1 fully saturated rings. The average Bonchev–Trinajstić information content (AvgIpc) is 2.91. The maximum absolute atomic E-state index is 13.0. The lowest BCUT2D eigenvalue weighted by atomic mass is 10.2. The van der Waals surface area contributed by atoms with Crippen LogP contribution < -0.4 is 10.2 Å². The summed E-state index contributed by atoms with van der Waals surface area (Å²) in [5.74, 6) is -0.590. The van der Waals surface area contributed by atoms with Crippen molar-refractivity contribution in [3.05, 3.63) is 59.9 Å². The molecular formula is C18H18FN3O2. The van der Waals surface area contributed by atoms with Gasteiger partial charge in [-0.2, -0.15) is 0 Å². The van der Waals surface area contributed by atoms with Gasteiger partial charge < -0.3 is 10.2 Å². The van der Waals surface area contributed by atoms with Crippen molar-refractivity contribution >= 4 is 23.3 Å². The zero-order valence-electron chi connectivity index (χ0n) is 13.3. The Morgan fingerprint density at radius 1 is 1.08 bits per heavy atom. The van der Waals surface area contributed by atoms with Crippen LogP contribution in [0.4, 0.5) is 20.6 Å². The van der Waals surface area contributed by atoms with Gasteiger partial charge in [0.25, 0.3) is 0 Å². The number of rotatable bonds is 4. The number of nitrogens with zero attached hydrogens (tertiary/aromatic N) is 2. The Kier molecular flexibility index (Phi) is 4.46. The van der Waals surface area contributed by atoms with Gasteiger partial charge in [-0.25, -0.2) is 9.18 Å². The van der Waals surface area contributed by atoms with E-state index in [4.69, 9.17) is 0 Å². The lowest BCUT2D eigenvalue weighted by Crippen LogP contribution is -2.37. The molecule has 2 aromatic carbocycles. The Morgan fingerprint density at radius 3 is 2.42 bits per heavy atom. The summed E-state index contributed by atoms with van der Waals surface area (Å²) in [4.78, 5) is 27.5. The number of carbonyl (C=O) groups is 2. The van der Waals surface area contributed by atoms with Gasteiger partial charge in [0.2, 0.25) is 5.91 Å². The first-order valence-electron chi connectivity index (χ1n) is 7.71. The van der Waals surface area contributed by atoms with Gasteiger partial charge in [-0.15, -0.1) is 0 Å². The van der Waals surface area contributed by atoms with Crippen LogP contribution in [0.2, 0.25) is 0 Å². The molecule has 0 atom stereocenters. The smallest absolute Gasteiger partial charge is 0.325 e. The molecule has 0 aliphatic carbocycles. The summed E-state index contributed by atoms with van der Waals surface area (Å²) in [6.07, 6.45) is 0. The van der Waals surface area contributed by atoms with E-state index in [2.05, 4.69) is 5.32 Å². The summed E-state index contributed by atoms with van der Waals surface area (Å²) in [5.41, 5.74) is 2.44. The third kappa shape index (κ3) is 3.53. The number of aryl methyl sites for hydroxylation is 1. The first-order chi connectivity index (χ1) is 11.5. The van der Waals surface area contributed by atoms with E-state index in [1.165, 1.54) is 17.0 Å². The van der Waals surface area contributed by atoms with Gasteiger partial charge in [-0.3, -0.25) is 9.69 Å². The van der Waals surface area contributed by atoms with Gasteiger partial charge >= 0.3 is 6.03 Å². The predicted molar refractivity (Wildman–Crippen MR) is 90.5 cm³/mol. The molecule has 3 rings (SSSR count). The van der Waals surface area contributed by atoms with Crippen molar-refractivity contribution in [2.24, 2.45) is 0 Å². The molecule has 2 aromatic rings. The van der Waals surface area contributed by atoms with E-state index < -0.39 is 0 Å². The van der Waals surface area contributed by atoms with E-state index in [-0.39, 0.29) is 24.3 Å². The molecule has 0 aromatic heterocycles. The second kappa shape index (κ2) is 6.70. The van der Waals surface area contributed by atoms with Gasteiger partial charge in [0.1, 0.15) is 12.4 Å². The number of urea groups is 1. The maximum Gasteiger partial charge on any atom is 0.325 e. The van der Waals surface area contributed by atoms with Crippen LogP contribution >= 0.6 is 0 Å². The molecule has 0 radical (unpaired) electrons. The Balaban J connectivity index is 1.60. The van der Waals surface area contributed by atoms with Crippen molar-refractivity contribution < 1.29 is 14.0 Å². The zero-order valence-corrected chi connectivity index (χ0v) is 13.3. The van der Waals surface area contributed by atoms with Crippen molar-refractivity contribution in [1.29, 1.82) is 0 Å². The van der Waals surface area contributed by atoms with Crippen molar-refractivity contribution in [2.45, 2.75) is 6.92 Å². The SMILES string of the molecule is Cc1ccc(NC(=O)CN2CCN(c3ccc(F)cc3)C2=O)cc1. The van der Waals surface area contributed by atoms with Crippen LogP contribution in [-0.2, 0) is 4.79 Å². The number of hydrogen-bond donors (Lipinski definition) is 1. The van der Waals surface area contributed by atoms with Crippen LogP contribution in [0.15, 0.2) is 48.5 Å². The van der Waals surface area contributed by atoms with E-state index in [9.17, 15) is 14.0 Å². The summed E-state index contributed by atoms with van der Waals surface area (Å²) in [7, 11) is 0. The normalized spacial score (nSPS) is 14.2. The molecule has 3 amide bonds. The van der Waals surface area contributed by atoms with Crippen LogP contribution in [0.5, 0.6) is 0 Å². The second-order valence-corrected chi connectivity index (χ2v) is 5.75. The number of amides is 3. The quantitative estimate of drug-likeness (QED) is 0.938. The summed E-state index contributed by atoms with van der Waals surface area (Å²) in [6, 6.07) is 13.0. The predicted octanol–water partition coefficient (Wildman–Crippen LogP) is 3.01. The highest BCUT2D eigenvalue weighted by atomic mass is 19.1. The van der Waals surface area contributed by atoms with Crippen LogP contribution in [0.3, 0.4) is 0 Å². The largest absolute Gasteiger partial charge is 0.325 e. The monoisotopic (exact) mass is 327 g/mol. The fourth-order valence-electron chi connectivity index (χ4n) is 2.60. The Morgan fingerprint density at radius 2 is 1.75 bits per heavy atom. The van der Waals surface area contributed by atoms with E-state index in [1.807, 2.05) is 31.2 Å². The summed E-state index contributed by atoms with van der Waals surface area (Å²) in [5, 5.41) is 2.78. The minimum Gasteiger partial charge on any atom is -0.325 e. The molecule has 0 bridgehead atoms. The number of benzene rings is 2. The third-order valence-electron chi connectivity index (χ3n) is 3.90. The molecule has 5 nitrogen and oxygen atoms in total. The number of carbonyl (C=O) groups excluding carboxylic acids is 2. The molecule has 6 heteroatoms. The number of halogens is 1. The van der Waals surface area contributed by atoms with Crippen molar-refractivity contribution in [2.75, 3.05) is 29.9 Å². The average molecular weight is 327 g/mol. The number of nitrogens with one attached hydrogen (secondary N) is 1. The molecule has 1 N–H and O–H groups in total. The molecule has 124 valence electrons. The second-order valence-electron chi connectivity index (χ2n) is 5.75. The molecular weight excluding hydrogens is 309 g/mol. The van der Waals surface area contributed by atoms with Crippen LogP contribution in [-0.4, -0.2) is 36.5 Å². The summed E-state index contributed by atoms with van der Waals surface area (Å²) >= 11 is 0. The molecule has 0 saturated carbocycles. The fourth-order valence-corrected chi connectivity index (χ4v) is 2.60. The standard InChI is InChI=1S/C18H18FN3O2/c1-13-2-6-15(7-3-13)20-17(23)12-21-10-11-22(18(21)24)16-8-4-14(19)5-9-16/h2-9H,10-12H2,1H3,(H,20,23). The molecule has 0 unspecified atom stereocenters. The van der Waals surface area contributed by atoms with Crippen LogP contribution in [0.25, 0.3) is 0 Å². The van der Waals surface area contributed by atoms with E-state index in [0.717, 1.165) is 5.56 Å². The van der Waals surface area contributed by atoms with Gasteiger partial charge in [0.05, 0.1) is 0 Å².